The Hall–Kier alpha value is -2.08. The minimum Gasteiger partial charge on any atom is -0.445 e. The van der Waals surface area contributed by atoms with Gasteiger partial charge in [-0.15, -0.1) is 0 Å². The number of likely N-dealkylation sites (tertiary alicyclic amines) is 1. The lowest BCUT2D eigenvalue weighted by molar-refractivity contribution is -0.133. The molecule has 2 fully saturated rings. The maximum atomic E-state index is 12.3. The summed E-state index contributed by atoms with van der Waals surface area (Å²) in [5.41, 5.74) is 6.75. The van der Waals surface area contributed by atoms with Crippen LogP contribution in [0.15, 0.2) is 30.3 Å². The van der Waals surface area contributed by atoms with Crippen LogP contribution < -0.4 is 5.73 Å². The first-order valence-corrected chi connectivity index (χ1v) is 9.06. The van der Waals surface area contributed by atoms with Gasteiger partial charge in [0.1, 0.15) is 6.61 Å². The zero-order valence-corrected chi connectivity index (χ0v) is 14.8. The van der Waals surface area contributed by atoms with Gasteiger partial charge in [-0.1, -0.05) is 30.3 Å². The lowest BCUT2D eigenvalue weighted by atomic mass is 10.1. The highest BCUT2D eigenvalue weighted by molar-refractivity contribution is 5.81. The number of benzene rings is 1. The molecular formula is C19H27N3O3. The highest BCUT2D eigenvalue weighted by Gasteiger charge is 2.37. The Balaban J connectivity index is 1.47. The summed E-state index contributed by atoms with van der Waals surface area (Å²) in [4.78, 5) is 28.2. The molecule has 2 atom stereocenters. The summed E-state index contributed by atoms with van der Waals surface area (Å²) in [7, 11) is 0. The van der Waals surface area contributed by atoms with Gasteiger partial charge in [-0.3, -0.25) is 4.79 Å². The lowest BCUT2D eigenvalue weighted by Crippen LogP contribution is -2.45. The fraction of sp³-hybridized carbons (Fsp3) is 0.579. The Morgan fingerprint density at radius 2 is 2.00 bits per heavy atom. The SMILES string of the molecule is C[C@H](N)C(=O)N(C[C@H]1CCN(C(=O)OCc2ccccc2)C1)C1CC1. The van der Waals surface area contributed by atoms with E-state index in [1.54, 1.807) is 11.8 Å². The highest BCUT2D eigenvalue weighted by atomic mass is 16.6. The third-order valence-corrected chi connectivity index (χ3v) is 4.86. The van der Waals surface area contributed by atoms with Crippen LogP contribution >= 0.6 is 0 Å². The van der Waals surface area contributed by atoms with E-state index in [9.17, 15) is 9.59 Å². The number of nitrogens with zero attached hydrogens (tertiary/aromatic N) is 2. The van der Waals surface area contributed by atoms with Gasteiger partial charge in [0.2, 0.25) is 5.91 Å². The monoisotopic (exact) mass is 345 g/mol. The molecule has 6 heteroatoms. The number of ether oxygens (including phenoxy) is 1. The molecule has 6 nitrogen and oxygen atoms in total. The molecule has 1 aromatic rings. The van der Waals surface area contributed by atoms with Crippen LogP contribution in [0.4, 0.5) is 4.79 Å². The fourth-order valence-corrected chi connectivity index (χ4v) is 3.30. The summed E-state index contributed by atoms with van der Waals surface area (Å²) in [6.07, 6.45) is 2.75. The molecule has 25 heavy (non-hydrogen) atoms. The summed E-state index contributed by atoms with van der Waals surface area (Å²) in [5, 5.41) is 0. The number of amides is 2. The number of hydrogen-bond donors (Lipinski definition) is 1. The molecule has 1 aliphatic carbocycles. The van der Waals surface area contributed by atoms with Gasteiger partial charge in [0.25, 0.3) is 0 Å². The van der Waals surface area contributed by atoms with Crippen molar-refractivity contribution >= 4 is 12.0 Å². The van der Waals surface area contributed by atoms with Crippen LogP contribution in [0.3, 0.4) is 0 Å². The standard InChI is InChI=1S/C19H27N3O3/c1-14(20)18(23)22(17-7-8-17)12-16-9-10-21(11-16)19(24)25-13-15-5-3-2-4-6-15/h2-6,14,16-17H,7-13,20H2,1H3/t14-,16-/m0/s1. The van der Waals surface area contributed by atoms with Crippen LogP contribution in [0.1, 0.15) is 31.7 Å². The van der Waals surface area contributed by atoms with E-state index >= 15 is 0 Å². The Morgan fingerprint density at radius 3 is 2.64 bits per heavy atom. The molecule has 1 saturated heterocycles. The van der Waals surface area contributed by atoms with E-state index in [0.29, 0.717) is 31.6 Å². The Bertz CT molecular complexity index is 601. The average Bonchev–Trinajstić information content (AvgIpc) is 3.35. The quantitative estimate of drug-likeness (QED) is 0.855. The van der Waals surface area contributed by atoms with Crippen LogP contribution in [0.5, 0.6) is 0 Å². The molecule has 1 aromatic carbocycles. The second-order valence-electron chi connectivity index (χ2n) is 7.15. The molecule has 0 spiro atoms. The van der Waals surface area contributed by atoms with Crippen molar-refractivity contribution < 1.29 is 14.3 Å². The van der Waals surface area contributed by atoms with Crippen molar-refractivity contribution in [3.05, 3.63) is 35.9 Å². The average molecular weight is 345 g/mol. The van der Waals surface area contributed by atoms with E-state index in [2.05, 4.69) is 0 Å². The van der Waals surface area contributed by atoms with Crippen molar-refractivity contribution in [2.75, 3.05) is 19.6 Å². The first kappa shape index (κ1) is 17.7. The highest BCUT2D eigenvalue weighted by Crippen LogP contribution is 2.30. The minimum atomic E-state index is -0.464. The van der Waals surface area contributed by atoms with E-state index in [1.165, 1.54) is 0 Å². The van der Waals surface area contributed by atoms with Crippen molar-refractivity contribution in [2.24, 2.45) is 11.7 Å². The summed E-state index contributed by atoms with van der Waals surface area (Å²) in [5.74, 6) is 0.320. The summed E-state index contributed by atoms with van der Waals surface area (Å²) in [6.45, 7) is 4.04. The van der Waals surface area contributed by atoms with Crippen LogP contribution in [-0.2, 0) is 16.1 Å². The molecule has 136 valence electrons. The zero-order chi connectivity index (χ0) is 17.8. The van der Waals surface area contributed by atoms with Crippen molar-refractivity contribution in [3.63, 3.8) is 0 Å². The molecule has 3 rings (SSSR count). The zero-order valence-electron chi connectivity index (χ0n) is 14.8. The number of rotatable bonds is 6. The van der Waals surface area contributed by atoms with Gasteiger partial charge in [-0.2, -0.15) is 0 Å². The van der Waals surface area contributed by atoms with Gasteiger partial charge in [0.15, 0.2) is 0 Å². The normalized spacial score (nSPS) is 21.0. The summed E-state index contributed by atoms with van der Waals surface area (Å²) < 4.78 is 5.40. The van der Waals surface area contributed by atoms with E-state index in [1.807, 2.05) is 35.2 Å². The first-order chi connectivity index (χ1) is 12.0. The Kier molecular flexibility index (Phi) is 5.58. The Morgan fingerprint density at radius 1 is 1.28 bits per heavy atom. The van der Waals surface area contributed by atoms with E-state index in [0.717, 1.165) is 24.8 Å². The second-order valence-corrected chi connectivity index (χ2v) is 7.15. The number of carbonyl (C=O) groups excluding carboxylic acids is 2. The minimum absolute atomic E-state index is 0.0209. The number of carbonyl (C=O) groups is 2. The molecule has 0 bridgehead atoms. The van der Waals surface area contributed by atoms with Gasteiger partial charge in [0.05, 0.1) is 6.04 Å². The van der Waals surface area contributed by atoms with Crippen molar-refractivity contribution in [1.29, 1.82) is 0 Å². The van der Waals surface area contributed by atoms with Gasteiger partial charge >= 0.3 is 6.09 Å². The van der Waals surface area contributed by atoms with E-state index < -0.39 is 6.04 Å². The second kappa shape index (κ2) is 7.87. The molecule has 2 aliphatic rings. The predicted molar refractivity (Wildman–Crippen MR) is 94.7 cm³/mol. The fourth-order valence-electron chi connectivity index (χ4n) is 3.30. The summed E-state index contributed by atoms with van der Waals surface area (Å²) in [6, 6.07) is 9.55. The van der Waals surface area contributed by atoms with Gasteiger partial charge < -0.3 is 20.3 Å². The van der Waals surface area contributed by atoms with Crippen LogP contribution in [0, 0.1) is 5.92 Å². The van der Waals surface area contributed by atoms with Crippen molar-refractivity contribution in [3.8, 4) is 0 Å². The molecule has 0 aromatic heterocycles. The molecular weight excluding hydrogens is 318 g/mol. The van der Waals surface area contributed by atoms with E-state index in [4.69, 9.17) is 10.5 Å². The lowest BCUT2D eigenvalue weighted by Gasteiger charge is -2.27. The molecule has 0 unspecified atom stereocenters. The number of nitrogens with two attached hydrogens (primary N) is 1. The molecule has 2 N–H and O–H groups in total. The number of hydrogen-bond acceptors (Lipinski definition) is 4. The van der Waals surface area contributed by atoms with Crippen molar-refractivity contribution in [2.45, 2.75) is 44.9 Å². The van der Waals surface area contributed by atoms with Crippen LogP contribution in [0.25, 0.3) is 0 Å². The molecule has 2 amide bonds. The molecule has 0 radical (unpaired) electrons. The van der Waals surface area contributed by atoms with E-state index in [-0.39, 0.29) is 18.6 Å². The van der Waals surface area contributed by atoms with Crippen LogP contribution in [0.2, 0.25) is 0 Å². The van der Waals surface area contributed by atoms with Gasteiger partial charge in [-0.25, -0.2) is 4.79 Å². The maximum absolute atomic E-state index is 12.3. The Labute approximate surface area is 148 Å². The van der Waals surface area contributed by atoms with Crippen LogP contribution in [-0.4, -0.2) is 53.5 Å². The smallest absolute Gasteiger partial charge is 0.410 e. The largest absolute Gasteiger partial charge is 0.445 e. The molecule has 1 heterocycles. The maximum Gasteiger partial charge on any atom is 0.410 e. The third kappa shape index (κ3) is 4.72. The van der Waals surface area contributed by atoms with Gasteiger partial charge in [-0.05, 0) is 37.7 Å². The third-order valence-electron chi connectivity index (χ3n) is 4.86. The molecule has 1 aliphatic heterocycles. The van der Waals surface area contributed by atoms with Gasteiger partial charge in [0, 0.05) is 25.7 Å². The topological polar surface area (TPSA) is 75.9 Å². The summed E-state index contributed by atoms with van der Waals surface area (Å²) >= 11 is 0. The first-order valence-electron chi connectivity index (χ1n) is 9.06. The molecule has 1 saturated carbocycles. The predicted octanol–water partition coefficient (Wildman–Crippen LogP) is 1.98. The van der Waals surface area contributed by atoms with Crippen molar-refractivity contribution in [1.82, 2.24) is 9.80 Å².